The van der Waals surface area contributed by atoms with Gasteiger partial charge in [0, 0.05) is 43.2 Å². The minimum absolute atomic E-state index is 0.0582. The van der Waals surface area contributed by atoms with Gasteiger partial charge in [-0.3, -0.25) is 14.4 Å². The number of carbonyl (C=O) groups is 2. The number of allylic oxidation sites excluding steroid dienone is 2. The zero-order chi connectivity index (χ0) is 35.5. The molecule has 12 heteroatoms. The molecule has 0 saturated carbocycles. The molecule has 11 nitrogen and oxygen atoms in total. The first kappa shape index (κ1) is 34.0. The van der Waals surface area contributed by atoms with Crippen molar-refractivity contribution < 1.29 is 19.1 Å². The normalized spacial score (nSPS) is 18.7. The Bertz CT molecular complexity index is 2040. The van der Waals surface area contributed by atoms with E-state index in [1.165, 1.54) is 9.69 Å². The van der Waals surface area contributed by atoms with E-state index in [0.29, 0.717) is 79.9 Å². The number of anilines is 2. The fourth-order valence-corrected chi connectivity index (χ4v) is 7.17. The Hall–Kier alpha value is -5.42. The van der Waals surface area contributed by atoms with Gasteiger partial charge >= 0.3 is 0 Å². The van der Waals surface area contributed by atoms with Gasteiger partial charge in [0.25, 0.3) is 17.4 Å². The van der Waals surface area contributed by atoms with Crippen molar-refractivity contribution in [3.63, 3.8) is 0 Å². The van der Waals surface area contributed by atoms with Crippen LogP contribution in [0.4, 0.5) is 11.4 Å². The fourth-order valence-electron chi connectivity index (χ4n) is 6.92. The number of amides is 2. The summed E-state index contributed by atoms with van der Waals surface area (Å²) in [5, 5.41) is 10.8. The number of hydrogen-bond donors (Lipinski definition) is 0. The highest BCUT2D eigenvalue weighted by Gasteiger charge is 2.41. The lowest BCUT2D eigenvalue weighted by atomic mass is 9.76. The molecule has 0 radical (unpaired) electrons. The second-order valence-corrected chi connectivity index (χ2v) is 12.9. The number of hydrogen-bond acceptors (Lipinski definition) is 8. The molecule has 2 atom stereocenters. The largest absolute Gasteiger partial charge is 0.490 e. The summed E-state index contributed by atoms with van der Waals surface area (Å²) in [7, 11) is 0. The number of rotatable bonds is 9. The van der Waals surface area contributed by atoms with Crippen LogP contribution in [0.3, 0.4) is 0 Å². The maximum absolute atomic E-state index is 13.8. The molecule has 0 unspecified atom stereocenters. The lowest BCUT2D eigenvalue weighted by molar-refractivity contribution is -0.123. The Labute approximate surface area is 301 Å². The van der Waals surface area contributed by atoms with Crippen molar-refractivity contribution in [1.82, 2.24) is 14.7 Å². The van der Waals surface area contributed by atoms with E-state index in [1.807, 2.05) is 55.1 Å². The molecule has 4 aromatic rings. The van der Waals surface area contributed by atoms with Crippen LogP contribution in [0.2, 0.25) is 5.02 Å². The summed E-state index contributed by atoms with van der Waals surface area (Å²) in [5.74, 6) is 0.819. The Kier molecular flexibility index (Phi) is 9.90. The molecule has 1 aliphatic carbocycles. The first-order valence-corrected chi connectivity index (χ1v) is 17.7. The Balaban J connectivity index is 1.07. The minimum Gasteiger partial charge on any atom is -0.490 e. The lowest BCUT2D eigenvalue weighted by Gasteiger charge is -2.37. The number of para-hydroxylation sites is 1. The molecule has 1 aromatic heterocycles. The average Bonchev–Trinajstić information content (AvgIpc) is 3.17. The summed E-state index contributed by atoms with van der Waals surface area (Å²) in [4.78, 5) is 44.2. The molecule has 1 saturated heterocycles. The second kappa shape index (κ2) is 14.8. The Morgan fingerprint density at radius 1 is 0.824 bits per heavy atom. The maximum atomic E-state index is 13.8. The third-order valence-electron chi connectivity index (χ3n) is 9.52. The molecule has 3 aromatic carbocycles. The number of piperazine rings is 1. The predicted octanol–water partition coefficient (Wildman–Crippen LogP) is 5.98. The fraction of sp³-hybridized carbons (Fsp3) is 0.308. The Morgan fingerprint density at radius 3 is 2.22 bits per heavy atom. The van der Waals surface area contributed by atoms with Crippen LogP contribution in [0.5, 0.6) is 11.5 Å². The van der Waals surface area contributed by atoms with Crippen LogP contribution < -0.4 is 24.9 Å². The van der Waals surface area contributed by atoms with Crippen molar-refractivity contribution in [2.24, 2.45) is 16.9 Å². The van der Waals surface area contributed by atoms with Gasteiger partial charge in [-0.25, -0.2) is 5.01 Å². The third kappa shape index (κ3) is 6.73. The van der Waals surface area contributed by atoms with Crippen molar-refractivity contribution in [2.75, 3.05) is 49.3 Å². The highest BCUT2D eigenvalue weighted by Crippen LogP contribution is 2.38. The lowest BCUT2D eigenvalue weighted by Crippen LogP contribution is -2.49. The van der Waals surface area contributed by atoms with Crippen molar-refractivity contribution >= 4 is 40.5 Å². The highest BCUT2D eigenvalue weighted by atomic mass is 35.5. The summed E-state index contributed by atoms with van der Waals surface area (Å²) < 4.78 is 13.0. The summed E-state index contributed by atoms with van der Waals surface area (Å²) in [5.41, 5.74) is 3.59. The number of ether oxygens (including phenoxy) is 2. The standard InChI is InChI=1S/C39H39ClN6O5/c1-3-50-33-19-16-27(24-34(33)51-4-2)36-30-12-8-9-13-31(30)38(48)46(42-36)29-17-14-26(15-18-29)37(47)44-22-20-43(21-23-44)32-25-41-45(39(49)35(32)40)28-10-6-5-7-11-28/h5-11,14-19,24-25,30-31H,3-4,12-13,20-23H2,1-2H3/t30-,31+/m0/s1. The van der Waals surface area contributed by atoms with Crippen LogP contribution in [-0.4, -0.2) is 71.6 Å². The Morgan fingerprint density at radius 2 is 1.51 bits per heavy atom. The van der Waals surface area contributed by atoms with Crippen molar-refractivity contribution in [1.29, 1.82) is 0 Å². The number of aromatic nitrogens is 2. The van der Waals surface area contributed by atoms with Crippen LogP contribution in [0.25, 0.3) is 5.69 Å². The van der Waals surface area contributed by atoms with E-state index in [-0.39, 0.29) is 28.7 Å². The van der Waals surface area contributed by atoms with E-state index in [0.717, 1.165) is 17.7 Å². The van der Waals surface area contributed by atoms with Crippen LogP contribution in [0.1, 0.15) is 42.6 Å². The van der Waals surface area contributed by atoms with E-state index < -0.39 is 5.56 Å². The predicted molar refractivity (Wildman–Crippen MR) is 198 cm³/mol. The van der Waals surface area contributed by atoms with E-state index in [9.17, 15) is 14.4 Å². The number of halogens is 1. The average molecular weight is 707 g/mol. The molecule has 2 aliphatic heterocycles. The molecule has 0 N–H and O–H groups in total. The van der Waals surface area contributed by atoms with Crippen molar-refractivity contribution in [2.45, 2.75) is 26.7 Å². The van der Waals surface area contributed by atoms with Crippen LogP contribution >= 0.6 is 11.6 Å². The van der Waals surface area contributed by atoms with Crippen LogP contribution in [0.15, 0.2) is 101 Å². The number of nitrogens with zero attached hydrogens (tertiary/aromatic N) is 6. The first-order chi connectivity index (χ1) is 24.9. The molecule has 0 bridgehead atoms. The third-order valence-corrected chi connectivity index (χ3v) is 9.88. The SMILES string of the molecule is CCOc1ccc(C2=NN(c3ccc(C(=O)N4CCN(c5cnn(-c6ccccc6)c(=O)c5Cl)CC4)cc3)C(=O)[C@@H]3CC=CC[C@H]23)cc1OCC. The summed E-state index contributed by atoms with van der Waals surface area (Å²) >= 11 is 6.54. The summed E-state index contributed by atoms with van der Waals surface area (Å²) in [6.07, 6.45) is 7.13. The summed E-state index contributed by atoms with van der Waals surface area (Å²) in [6, 6.07) is 22.0. The van der Waals surface area contributed by atoms with Gasteiger partial charge in [-0.1, -0.05) is 42.0 Å². The number of fused-ring (bicyclic) bond motifs is 1. The molecule has 3 heterocycles. The van der Waals surface area contributed by atoms with Gasteiger partial charge in [-0.15, -0.1) is 0 Å². The first-order valence-electron chi connectivity index (χ1n) is 17.3. The van der Waals surface area contributed by atoms with Crippen molar-refractivity contribution in [3.05, 3.63) is 118 Å². The van der Waals surface area contributed by atoms with Gasteiger partial charge in [-0.05, 0) is 81.3 Å². The number of hydrazone groups is 1. The molecule has 1 fully saturated rings. The van der Waals surface area contributed by atoms with E-state index in [4.69, 9.17) is 26.2 Å². The molecular weight excluding hydrogens is 668 g/mol. The zero-order valence-electron chi connectivity index (χ0n) is 28.6. The second-order valence-electron chi connectivity index (χ2n) is 12.5. The van der Waals surface area contributed by atoms with Gasteiger partial charge in [0.2, 0.25) is 0 Å². The van der Waals surface area contributed by atoms with E-state index in [1.54, 1.807) is 47.5 Å². The molecule has 0 spiro atoms. The van der Waals surface area contributed by atoms with Crippen LogP contribution in [-0.2, 0) is 4.79 Å². The van der Waals surface area contributed by atoms with E-state index >= 15 is 0 Å². The molecule has 51 heavy (non-hydrogen) atoms. The van der Waals surface area contributed by atoms with Gasteiger partial charge in [0.05, 0.1) is 48.1 Å². The monoisotopic (exact) mass is 706 g/mol. The zero-order valence-corrected chi connectivity index (χ0v) is 29.3. The van der Waals surface area contributed by atoms with Gasteiger partial charge < -0.3 is 19.3 Å². The van der Waals surface area contributed by atoms with E-state index in [2.05, 4.69) is 17.3 Å². The van der Waals surface area contributed by atoms with Crippen LogP contribution in [0, 0.1) is 11.8 Å². The topological polar surface area (TPSA) is 110 Å². The molecule has 2 amide bonds. The van der Waals surface area contributed by atoms with Gasteiger partial charge in [-0.2, -0.15) is 14.9 Å². The molecule has 7 rings (SSSR count). The highest BCUT2D eigenvalue weighted by molar-refractivity contribution is 6.33. The molecular formula is C39H39ClN6O5. The smallest absolute Gasteiger partial charge is 0.292 e. The molecule has 262 valence electrons. The number of benzene rings is 3. The maximum Gasteiger partial charge on any atom is 0.292 e. The number of carbonyl (C=O) groups excluding carboxylic acids is 2. The quantitative estimate of drug-likeness (QED) is 0.197. The van der Waals surface area contributed by atoms with Gasteiger partial charge in [0.15, 0.2) is 11.5 Å². The minimum atomic E-state index is -0.396. The van der Waals surface area contributed by atoms with Gasteiger partial charge in [0.1, 0.15) is 5.02 Å². The summed E-state index contributed by atoms with van der Waals surface area (Å²) in [6.45, 7) is 6.75. The molecule has 3 aliphatic rings. The van der Waals surface area contributed by atoms with Crippen molar-refractivity contribution in [3.8, 4) is 17.2 Å².